The average molecular weight is 1770 g/mol. The van der Waals surface area contributed by atoms with Crippen molar-refractivity contribution in [1.82, 2.24) is 43.7 Å². The summed E-state index contributed by atoms with van der Waals surface area (Å²) in [5, 5.41) is 42.1. The number of rotatable bonds is 0. The Hall–Kier alpha value is -9.15. The molecule has 0 bridgehead atoms. The summed E-state index contributed by atoms with van der Waals surface area (Å²) in [6.07, 6.45) is 64.2. The van der Waals surface area contributed by atoms with E-state index in [1.807, 2.05) is 50.7 Å². The first-order valence-corrected chi connectivity index (χ1v) is 46.4. The molecule has 2 N–H and O–H groups in total. The van der Waals surface area contributed by atoms with Gasteiger partial charge in [0.2, 0.25) is 0 Å². The molecule has 0 radical (unpaired) electrons. The van der Waals surface area contributed by atoms with Crippen molar-refractivity contribution in [2.24, 2.45) is 50.0 Å². The predicted molar refractivity (Wildman–Crippen MR) is 539 cm³/mol. The first kappa shape index (κ1) is 99.0. The van der Waals surface area contributed by atoms with Gasteiger partial charge < -0.3 is 43.8 Å². The van der Waals surface area contributed by atoms with E-state index in [2.05, 4.69) is 461 Å². The molecule has 7 aliphatic heterocycles. The molecule has 15 nitrogen and oxygen atoms in total. The summed E-state index contributed by atoms with van der Waals surface area (Å²) in [5.41, 5.74) is 12.0. The number of aliphatic hydroxyl groups is 2. The number of aromatic nitrogens is 2. The molecule has 14 atom stereocenters. The van der Waals surface area contributed by atoms with Crippen LogP contribution in [0, 0.1) is 36.5 Å². The van der Waals surface area contributed by atoms with Crippen LogP contribution in [0.2, 0.25) is 5.02 Å². The lowest BCUT2D eigenvalue weighted by molar-refractivity contribution is 0.116. The molecule has 14 aliphatic rings. The van der Waals surface area contributed by atoms with Crippen molar-refractivity contribution in [3.05, 3.63) is 285 Å². The molecule has 2 aromatic carbocycles. The standard InChI is InChI=1S/C13H18ClN.C13H19NO.C13H17N.C12H17ClN2.C12H14ClN.C12H18N2.C12H17NO.C11H17N3.C10H13N/c1-9-5-6-11-10(12(9)14)7-8-15(11)13(2,3)4;1-9-5-6-11-10(12(9)15)7-8-14(11)13(2,3)4;1-10-5-6-12-11(9-10)7-8-14(12)13(2,3)4;1-8-5-6-10-9(11(8)13)7-14-15(10)12(2,3)4;1-12(2,3)14-8-7-9-10(13)5-4-6-11(9)14;1-9-5-6-11-10(7-9)13-8-14(11)12(2,3)4;1-12(2,3)13-8-7-9-10(13)5-4-6-11(9)14;1-8-5-6-10-9(7-8)12-13-14(10)11(2,3)4;1-8-3-4-10-9(7-8)5-6-11(10)2/h5-8,10-11H,1-4H3;5-8,10-11,15H,1-4H3;5-9H,1-4H3;5-7,9-10H,1-4H3;4-8H,1-3H3;5-8,10-11H,1-4H3;4-10,14H,1-3H3;5-7,9-10H,1-4H3;3-7,9-10H,1-2H3. The molecule has 18 rings (SSSR count). The summed E-state index contributed by atoms with van der Waals surface area (Å²) >= 11 is 18.7. The third-order valence-corrected chi connectivity index (χ3v) is 26.3. The van der Waals surface area contributed by atoms with Crippen LogP contribution in [0.5, 0.6) is 0 Å². The van der Waals surface area contributed by atoms with E-state index in [4.69, 9.17) is 34.8 Å². The maximum atomic E-state index is 9.98. The van der Waals surface area contributed by atoms with Gasteiger partial charge in [-0.3, -0.25) is 15.0 Å². The van der Waals surface area contributed by atoms with Crippen LogP contribution < -0.4 is 0 Å². The summed E-state index contributed by atoms with van der Waals surface area (Å²) in [5.74, 6) is 2.51. The zero-order valence-corrected chi connectivity index (χ0v) is 84.1. The summed E-state index contributed by atoms with van der Waals surface area (Å²) in [7, 11) is 2.12. The van der Waals surface area contributed by atoms with Crippen molar-refractivity contribution in [3.63, 3.8) is 0 Å². The highest BCUT2D eigenvalue weighted by Gasteiger charge is 2.43. The van der Waals surface area contributed by atoms with Gasteiger partial charge in [-0.1, -0.05) is 202 Å². The molecule has 18 heteroatoms. The Morgan fingerprint density at radius 1 is 0.389 bits per heavy atom. The minimum Gasteiger partial charge on any atom is -0.512 e. The van der Waals surface area contributed by atoms with Crippen LogP contribution in [0.1, 0.15) is 213 Å². The van der Waals surface area contributed by atoms with Crippen LogP contribution in [-0.4, -0.2) is 161 Å². The highest BCUT2D eigenvalue weighted by atomic mass is 35.5. The maximum absolute atomic E-state index is 9.98. The molecular weight excluding hydrogens is 1620 g/mol. The highest BCUT2D eigenvalue weighted by molar-refractivity contribution is 6.35. The fourth-order valence-electron chi connectivity index (χ4n) is 18.0. The van der Waals surface area contributed by atoms with Gasteiger partial charge in [-0.15, -0.1) is 0 Å². The molecule has 0 fully saturated rings. The SMILES string of the molecule is CC(C)(C)N1C=CC2C(O)=CC=CC21.CC(C)(C)n1ccc2c(Cl)cccc21.CC1=C(Cl)C2C=CN(C(C)(C)C)C2C=C1.CC1=C(Cl)C2C=NN(C(C)(C)C)C2C=C1.CC1=C(O)C2C=CN(C(C)(C)C)C2C=C1.CC1=CC2C=CN(C)C2C=C1.CC1=CC2N=CN(C(C)(C)C)C2C=C1.CC1=CC2N=NN(C(C)(C)C)C2C=C1.Cc1ccc2c(ccn2C(C)(C)C)c1. The number of allylic oxidation sites excluding steroid dienone is 14. The van der Waals surface area contributed by atoms with E-state index in [0.29, 0.717) is 65.6 Å². The zero-order valence-electron chi connectivity index (χ0n) is 81.9. The fourth-order valence-corrected chi connectivity index (χ4v) is 18.7. The second-order valence-electron chi connectivity index (χ2n) is 43.6. The molecule has 14 unspecified atom stereocenters. The Labute approximate surface area is 773 Å². The molecule has 680 valence electrons. The first-order valence-electron chi connectivity index (χ1n) is 45.3. The highest BCUT2D eigenvalue weighted by Crippen LogP contribution is 2.43. The number of likely N-dealkylation sites (N-methyl/N-ethyl adjacent to an activating group) is 1. The van der Waals surface area contributed by atoms with Gasteiger partial charge in [0.05, 0.1) is 83.5 Å². The van der Waals surface area contributed by atoms with Gasteiger partial charge in [-0.05, 0) is 304 Å². The monoisotopic (exact) mass is 1770 g/mol. The largest absolute Gasteiger partial charge is 0.512 e. The molecule has 0 saturated carbocycles. The van der Waals surface area contributed by atoms with Crippen LogP contribution in [0.4, 0.5) is 0 Å². The number of hydrogen-bond acceptors (Lipinski definition) is 13. The number of benzene rings is 2. The molecule has 126 heavy (non-hydrogen) atoms. The Bertz CT molecular complexity index is 5020. The van der Waals surface area contributed by atoms with E-state index in [1.165, 1.54) is 44.3 Å². The number of aryl methyl sites for hydroxylation is 1. The van der Waals surface area contributed by atoms with Crippen LogP contribution >= 0.6 is 34.8 Å². The number of nitrogens with zero attached hydrogens (tertiary/aromatic N) is 13. The summed E-state index contributed by atoms with van der Waals surface area (Å²) in [4.78, 5) is 16.1. The van der Waals surface area contributed by atoms with Crippen molar-refractivity contribution in [3.8, 4) is 0 Å². The molecule has 4 aromatic rings. The maximum Gasteiger partial charge on any atom is 0.117 e. The van der Waals surface area contributed by atoms with Crippen molar-refractivity contribution < 1.29 is 10.2 Å². The van der Waals surface area contributed by atoms with Crippen LogP contribution in [0.15, 0.2) is 295 Å². The van der Waals surface area contributed by atoms with Gasteiger partial charge in [0, 0.05) is 102 Å². The molecule has 0 saturated heterocycles. The topological polar surface area (TPSA) is 122 Å². The first-order chi connectivity index (χ1) is 58.4. The molecule has 9 heterocycles. The molecule has 7 aliphatic carbocycles. The van der Waals surface area contributed by atoms with E-state index in [1.54, 1.807) is 6.08 Å². The average Bonchev–Trinajstić information content (AvgIpc) is 1.46. The quantitative estimate of drug-likeness (QED) is 0.177. The summed E-state index contributed by atoms with van der Waals surface area (Å²) < 4.78 is 4.57. The lowest BCUT2D eigenvalue weighted by atomic mass is 9.89. The van der Waals surface area contributed by atoms with Gasteiger partial charge in [0.15, 0.2) is 0 Å². The van der Waals surface area contributed by atoms with Gasteiger partial charge in [-0.25, -0.2) is 0 Å². The zero-order chi connectivity index (χ0) is 93.2. The Balaban J connectivity index is 0.000000148. The number of hydrogen-bond donors (Lipinski definition) is 2. The third-order valence-electron chi connectivity index (χ3n) is 24.8. The molecule has 0 spiro atoms. The fraction of sp³-hybridized carbons (Fsp3) is 0.500. The minimum atomic E-state index is 0.0443. The Morgan fingerprint density at radius 2 is 0.865 bits per heavy atom. The van der Waals surface area contributed by atoms with Crippen molar-refractivity contribution >= 4 is 69.2 Å². The Morgan fingerprint density at radius 3 is 1.43 bits per heavy atom. The van der Waals surface area contributed by atoms with E-state index >= 15 is 0 Å². The lowest BCUT2D eigenvalue weighted by Crippen LogP contribution is -2.46. The number of aliphatic hydroxyl groups excluding tert-OH is 2. The third kappa shape index (κ3) is 23.7. The number of halogens is 3. The van der Waals surface area contributed by atoms with E-state index in [9.17, 15) is 10.2 Å². The van der Waals surface area contributed by atoms with E-state index in [0.717, 1.165) is 31.6 Å². The number of hydrazone groups is 1. The van der Waals surface area contributed by atoms with Crippen LogP contribution in [-0.2, 0) is 11.1 Å². The minimum absolute atomic E-state index is 0.0443. The van der Waals surface area contributed by atoms with Crippen molar-refractivity contribution in [2.45, 2.75) is 313 Å². The Kier molecular flexibility index (Phi) is 30.7. The second-order valence-corrected chi connectivity index (χ2v) is 44.9. The number of aliphatic imine (C=N–C) groups is 1. The van der Waals surface area contributed by atoms with Gasteiger partial charge in [0.1, 0.15) is 17.6 Å². The molecule has 0 amide bonds. The molecular formula is C108H150Cl3N13O2. The van der Waals surface area contributed by atoms with Gasteiger partial charge >= 0.3 is 0 Å². The molecule has 2 aromatic heterocycles. The number of fused-ring (bicyclic) bond motifs is 9. The van der Waals surface area contributed by atoms with Gasteiger partial charge in [0.25, 0.3) is 0 Å². The van der Waals surface area contributed by atoms with Crippen molar-refractivity contribution in [2.75, 3.05) is 7.05 Å². The summed E-state index contributed by atoms with van der Waals surface area (Å²) in [6.45, 7) is 67.3. The smallest absolute Gasteiger partial charge is 0.117 e. The van der Waals surface area contributed by atoms with E-state index < -0.39 is 0 Å². The van der Waals surface area contributed by atoms with Crippen LogP contribution in [0.3, 0.4) is 0 Å². The van der Waals surface area contributed by atoms with Gasteiger partial charge in [-0.2, -0.15) is 10.2 Å². The predicted octanol–water partition coefficient (Wildman–Crippen LogP) is 27.3. The summed E-state index contributed by atoms with van der Waals surface area (Å²) in [6, 6.07) is 20.1. The van der Waals surface area contributed by atoms with E-state index in [-0.39, 0.29) is 74.1 Å². The normalized spacial score (nSPS) is 26.6. The second kappa shape index (κ2) is 39.0. The van der Waals surface area contributed by atoms with Crippen LogP contribution in [0.25, 0.3) is 21.8 Å². The lowest BCUT2D eigenvalue weighted by Gasteiger charge is -2.39. The van der Waals surface area contributed by atoms with Crippen molar-refractivity contribution in [1.29, 1.82) is 0 Å².